The second kappa shape index (κ2) is 9.03. The Morgan fingerprint density at radius 1 is 1.42 bits per heavy atom. The summed E-state index contributed by atoms with van der Waals surface area (Å²) in [6.07, 6.45) is 2.45. The summed E-state index contributed by atoms with van der Waals surface area (Å²) in [4.78, 5) is 12.2. The first kappa shape index (κ1) is 19.4. The number of ether oxygens (including phenoxy) is 1. The fourth-order valence-corrected chi connectivity index (χ4v) is 4.65. The predicted octanol–water partition coefficient (Wildman–Crippen LogP) is 4.13. The first-order valence-electron chi connectivity index (χ1n) is 8.39. The van der Waals surface area contributed by atoms with Gasteiger partial charge in [-0.1, -0.05) is 40.8 Å². The minimum atomic E-state index is -0.118. The van der Waals surface area contributed by atoms with E-state index in [2.05, 4.69) is 20.8 Å². The topological polar surface area (TPSA) is 76.1 Å². The van der Waals surface area contributed by atoms with Crippen LogP contribution in [0.4, 0.5) is 10.8 Å². The highest BCUT2D eigenvalue weighted by Crippen LogP contribution is 2.29. The Labute approximate surface area is 166 Å². The van der Waals surface area contributed by atoms with E-state index >= 15 is 0 Å². The van der Waals surface area contributed by atoms with E-state index in [0.717, 1.165) is 46.6 Å². The van der Waals surface area contributed by atoms with Crippen molar-refractivity contribution >= 4 is 51.4 Å². The van der Waals surface area contributed by atoms with E-state index in [1.807, 2.05) is 26.0 Å². The molecule has 140 valence electrons. The molecule has 6 nitrogen and oxygen atoms in total. The second-order valence-corrected chi connectivity index (χ2v) is 8.77. The van der Waals surface area contributed by atoms with Gasteiger partial charge in [-0.25, -0.2) is 0 Å². The van der Waals surface area contributed by atoms with Crippen LogP contribution < -0.4 is 10.6 Å². The average molecular weight is 413 g/mol. The number of thioether (sulfide) groups is 1. The lowest BCUT2D eigenvalue weighted by atomic mass is 10.1. The van der Waals surface area contributed by atoms with Crippen LogP contribution in [0.1, 0.15) is 24.0 Å². The zero-order valence-electron chi connectivity index (χ0n) is 14.7. The number of hydrogen-bond donors (Lipinski definition) is 2. The van der Waals surface area contributed by atoms with Crippen LogP contribution in [0.3, 0.4) is 0 Å². The quantitative estimate of drug-likeness (QED) is 0.666. The Kier molecular flexibility index (Phi) is 6.74. The molecule has 3 rings (SSSR count). The molecule has 26 heavy (non-hydrogen) atoms. The molecule has 2 heterocycles. The number of amides is 1. The number of anilines is 2. The lowest BCUT2D eigenvalue weighted by molar-refractivity contribution is -0.113. The summed E-state index contributed by atoms with van der Waals surface area (Å²) < 4.78 is 6.32. The molecule has 0 spiro atoms. The van der Waals surface area contributed by atoms with Crippen LogP contribution in [0, 0.1) is 13.8 Å². The number of halogens is 1. The fourth-order valence-electron chi connectivity index (χ4n) is 2.72. The molecule has 0 aliphatic carbocycles. The molecule has 0 bridgehead atoms. The van der Waals surface area contributed by atoms with Gasteiger partial charge in [0.25, 0.3) is 0 Å². The van der Waals surface area contributed by atoms with Crippen molar-refractivity contribution in [1.29, 1.82) is 0 Å². The predicted molar refractivity (Wildman–Crippen MR) is 108 cm³/mol. The monoisotopic (exact) mass is 412 g/mol. The zero-order valence-corrected chi connectivity index (χ0v) is 17.1. The van der Waals surface area contributed by atoms with E-state index < -0.39 is 0 Å². The Morgan fingerprint density at radius 3 is 3.00 bits per heavy atom. The van der Waals surface area contributed by atoms with Crippen LogP contribution >= 0.6 is 34.7 Å². The van der Waals surface area contributed by atoms with Gasteiger partial charge in [-0.05, 0) is 43.9 Å². The van der Waals surface area contributed by atoms with Crippen LogP contribution in [0.5, 0.6) is 0 Å². The van der Waals surface area contributed by atoms with Crippen LogP contribution in [0.2, 0.25) is 5.02 Å². The SMILES string of the molecule is Cc1cc(C)c(NC(=O)CSc2nnc(NC[C@@H]3CCCO3)s2)c(Cl)c1. The lowest BCUT2D eigenvalue weighted by Gasteiger charge is -2.11. The molecular formula is C17H21ClN4O2S2. The number of nitrogens with one attached hydrogen (secondary N) is 2. The first-order chi connectivity index (χ1) is 12.5. The molecule has 1 amide bonds. The van der Waals surface area contributed by atoms with Gasteiger partial charge in [-0.2, -0.15) is 0 Å². The maximum Gasteiger partial charge on any atom is 0.234 e. The van der Waals surface area contributed by atoms with Gasteiger partial charge >= 0.3 is 0 Å². The van der Waals surface area contributed by atoms with E-state index in [1.165, 1.54) is 23.1 Å². The molecule has 0 saturated carbocycles. The van der Waals surface area contributed by atoms with E-state index in [4.69, 9.17) is 16.3 Å². The maximum absolute atomic E-state index is 12.2. The van der Waals surface area contributed by atoms with E-state index in [1.54, 1.807) is 0 Å². The Hall–Kier alpha value is -1.35. The third kappa shape index (κ3) is 5.33. The summed E-state index contributed by atoms with van der Waals surface area (Å²) in [7, 11) is 0. The Bertz CT molecular complexity index is 755. The standard InChI is InChI=1S/C17H21ClN4O2S2/c1-10-6-11(2)15(13(18)7-10)20-14(23)9-25-17-22-21-16(26-17)19-8-12-4-3-5-24-12/h6-7,12H,3-5,8-9H2,1-2H3,(H,19,21)(H,20,23)/t12-/m0/s1. The van der Waals surface area contributed by atoms with Crippen molar-refractivity contribution in [2.45, 2.75) is 37.1 Å². The van der Waals surface area contributed by atoms with Gasteiger partial charge in [0.05, 0.1) is 22.6 Å². The number of aryl methyl sites for hydroxylation is 2. The first-order valence-corrected chi connectivity index (χ1v) is 10.6. The lowest BCUT2D eigenvalue weighted by Crippen LogP contribution is -2.18. The van der Waals surface area contributed by atoms with Crippen molar-refractivity contribution < 1.29 is 9.53 Å². The van der Waals surface area contributed by atoms with E-state index in [0.29, 0.717) is 10.7 Å². The number of rotatable bonds is 7. The molecule has 1 saturated heterocycles. The molecule has 1 fully saturated rings. The average Bonchev–Trinajstić information content (AvgIpc) is 3.25. The van der Waals surface area contributed by atoms with Gasteiger partial charge in [0.15, 0.2) is 4.34 Å². The van der Waals surface area contributed by atoms with Gasteiger partial charge in [0, 0.05) is 13.2 Å². The van der Waals surface area contributed by atoms with Crippen molar-refractivity contribution in [3.05, 3.63) is 28.3 Å². The van der Waals surface area contributed by atoms with Gasteiger partial charge in [-0.15, -0.1) is 10.2 Å². The minimum absolute atomic E-state index is 0.118. The van der Waals surface area contributed by atoms with Crippen LogP contribution in [0.15, 0.2) is 16.5 Å². The van der Waals surface area contributed by atoms with Crippen LogP contribution in [-0.2, 0) is 9.53 Å². The second-order valence-electron chi connectivity index (χ2n) is 6.16. The smallest absolute Gasteiger partial charge is 0.234 e. The molecule has 1 aliphatic heterocycles. The fraction of sp³-hybridized carbons (Fsp3) is 0.471. The van der Waals surface area contributed by atoms with Crippen molar-refractivity contribution in [3.63, 3.8) is 0 Å². The normalized spacial score (nSPS) is 16.7. The number of nitrogens with zero attached hydrogens (tertiary/aromatic N) is 2. The Morgan fingerprint density at radius 2 is 2.27 bits per heavy atom. The van der Waals surface area contributed by atoms with Gasteiger partial charge in [-0.3, -0.25) is 4.79 Å². The molecule has 1 atom stereocenters. The zero-order chi connectivity index (χ0) is 18.5. The van der Waals surface area contributed by atoms with E-state index in [-0.39, 0.29) is 17.8 Å². The van der Waals surface area contributed by atoms with Crippen LogP contribution in [-0.4, -0.2) is 41.1 Å². The van der Waals surface area contributed by atoms with Crippen LogP contribution in [0.25, 0.3) is 0 Å². The molecule has 0 radical (unpaired) electrons. The molecule has 1 aromatic heterocycles. The van der Waals surface area contributed by atoms with Crippen molar-refractivity contribution in [2.75, 3.05) is 29.5 Å². The molecular weight excluding hydrogens is 392 g/mol. The van der Waals surface area contributed by atoms with Crippen molar-refractivity contribution in [2.24, 2.45) is 0 Å². The summed E-state index contributed by atoms with van der Waals surface area (Å²) in [5.41, 5.74) is 2.68. The minimum Gasteiger partial charge on any atom is -0.376 e. The molecule has 1 aromatic carbocycles. The number of carbonyl (C=O) groups is 1. The molecule has 9 heteroatoms. The molecule has 2 aromatic rings. The third-order valence-electron chi connectivity index (χ3n) is 3.93. The van der Waals surface area contributed by atoms with Crippen molar-refractivity contribution in [3.8, 4) is 0 Å². The maximum atomic E-state index is 12.2. The number of aromatic nitrogens is 2. The van der Waals surface area contributed by atoms with Gasteiger partial charge in [0.1, 0.15) is 0 Å². The summed E-state index contributed by atoms with van der Waals surface area (Å²) in [6, 6.07) is 3.83. The third-order valence-corrected chi connectivity index (χ3v) is 6.25. The molecule has 0 unspecified atom stereocenters. The highest BCUT2D eigenvalue weighted by Gasteiger charge is 2.16. The highest BCUT2D eigenvalue weighted by molar-refractivity contribution is 8.01. The summed E-state index contributed by atoms with van der Waals surface area (Å²) in [6.45, 7) is 5.48. The summed E-state index contributed by atoms with van der Waals surface area (Å²) in [5.74, 6) is 0.136. The number of carbonyl (C=O) groups excluding carboxylic acids is 1. The molecule has 2 N–H and O–H groups in total. The highest BCUT2D eigenvalue weighted by atomic mass is 35.5. The summed E-state index contributed by atoms with van der Waals surface area (Å²) >= 11 is 9.03. The number of benzene rings is 1. The van der Waals surface area contributed by atoms with Gasteiger partial charge < -0.3 is 15.4 Å². The molecule has 1 aliphatic rings. The van der Waals surface area contributed by atoms with E-state index in [9.17, 15) is 4.79 Å². The van der Waals surface area contributed by atoms with Crippen molar-refractivity contribution in [1.82, 2.24) is 10.2 Å². The number of hydrogen-bond acceptors (Lipinski definition) is 7. The van der Waals surface area contributed by atoms with Gasteiger partial charge in [0.2, 0.25) is 11.0 Å². The Balaban J connectivity index is 1.47. The largest absolute Gasteiger partial charge is 0.376 e. The summed E-state index contributed by atoms with van der Waals surface area (Å²) in [5, 5.41) is 15.6.